The molecule has 0 atom stereocenters. The molecule has 0 amide bonds. The normalized spacial score (nSPS) is 11.5. The van der Waals surface area contributed by atoms with Gasteiger partial charge >= 0.3 is 0 Å². The fourth-order valence-corrected chi connectivity index (χ4v) is 2.77. The average molecular weight is 275 g/mol. The summed E-state index contributed by atoms with van der Waals surface area (Å²) in [5, 5.41) is 9.85. The lowest BCUT2D eigenvalue weighted by atomic mass is 9.93. The van der Waals surface area contributed by atoms with Gasteiger partial charge in [-0.2, -0.15) is 5.26 Å². The van der Waals surface area contributed by atoms with Crippen LogP contribution in [0.5, 0.6) is 5.75 Å². The Morgan fingerprint density at radius 2 is 2.26 bits per heavy atom. The smallest absolute Gasteiger partial charge is 0.166 e. The molecule has 19 heavy (non-hydrogen) atoms. The van der Waals surface area contributed by atoms with Gasteiger partial charge in [-0.25, -0.2) is 4.98 Å². The molecule has 2 rings (SSSR count). The number of thioether (sulfide) groups is 1. The molecule has 0 fully saturated rings. The Balaban J connectivity index is 2.04. The first-order valence-corrected chi connectivity index (χ1v) is 7.10. The first kappa shape index (κ1) is 13.8. The average Bonchev–Trinajstić information content (AvgIpc) is 2.79. The molecule has 0 bridgehead atoms. The van der Waals surface area contributed by atoms with Crippen LogP contribution in [0, 0.1) is 16.7 Å². The van der Waals surface area contributed by atoms with Crippen LogP contribution in [0.2, 0.25) is 0 Å². The van der Waals surface area contributed by atoms with Crippen LogP contribution in [-0.2, 0) is 0 Å². The van der Waals surface area contributed by atoms with Crippen molar-refractivity contribution >= 4 is 22.8 Å². The first-order chi connectivity index (χ1) is 9.04. The van der Waals surface area contributed by atoms with Crippen molar-refractivity contribution in [3.8, 4) is 11.8 Å². The highest BCUT2D eigenvalue weighted by molar-refractivity contribution is 7.99. The Hall–Kier alpha value is -1.67. The fraction of sp³-hybridized carbons (Fsp3) is 0.429. The predicted octanol–water partition coefficient (Wildman–Crippen LogP) is 3.60. The van der Waals surface area contributed by atoms with Crippen LogP contribution in [0.25, 0.3) is 11.0 Å². The zero-order valence-electron chi connectivity index (χ0n) is 11.4. The van der Waals surface area contributed by atoms with E-state index >= 15 is 0 Å². The minimum absolute atomic E-state index is 0.276. The molecule has 0 aliphatic carbocycles. The van der Waals surface area contributed by atoms with E-state index in [1.165, 1.54) is 0 Å². The lowest BCUT2D eigenvalue weighted by molar-refractivity contribution is 0.415. The summed E-state index contributed by atoms with van der Waals surface area (Å²) < 4.78 is 5.18. The minimum atomic E-state index is -0.276. The fourth-order valence-electron chi connectivity index (χ4n) is 1.62. The van der Waals surface area contributed by atoms with E-state index in [9.17, 15) is 0 Å². The Morgan fingerprint density at radius 3 is 2.95 bits per heavy atom. The highest BCUT2D eigenvalue weighted by atomic mass is 32.2. The number of hydrogen-bond donors (Lipinski definition) is 1. The third-order valence-corrected chi connectivity index (χ3v) is 3.81. The molecule has 0 saturated carbocycles. The highest BCUT2D eigenvalue weighted by Crippen LogP contribution is 2.27. The maximum absolute atomic E-state index is 8.97. The maximum atomic E-state index is 8.97. The predicted molar refractivity (Wildman–Crippen MR) is 77.4 cm³/mol. The minimum Gasteiger partial charge on any atom is -0.497 e. The number of imidazole rings is 1. The van der Waals surface area contributed by atoms with Crippen molar-refractivity contribution in [2.24, 2.45) is 5.41 Å². The lowest BCUT2D eigenvalue weighted by Crippen LogP contribution is -2.08. The third-order valence-electron chi connectivity index (χ3n) is 2.94. The standard InChI is InChI=1S/C14H17N3OS/c1-14(2,9-15)6-7-19-13-16-11-5-4-10(18-3)8-12(11)17-13/h4-5,8H,6-7H2,1-3H3,(H,16,17). The monoisotopic (exact) mass is 275 g/mol. The molecule has 0 saturated heterocycles. The molecule has 0 aliphatic rings. The number of nitriles is 1. The second-order valence-electron chi connectivity index (χ2n) is 5.02. The number of aromatic amines is 1. The van der Waals surface area contributed by atoms with E-state index in [0.717, 1.165) is 34.1 Å². The molecule has 1 aromatic heterocycles. The maximum Gasteiger partial charge on any atom is 0.166 e. The van der Waals surface area contributed by atoms with Crippen molar-refractivity contribution in [2.45, 2.75) is 25.4 Å². The Bertz CT molecular complexity index is 613. The lowest BCUT2D eigenvalue weighted by Gasteiger charge is -2.13. The molecule has 4 nitrogen and oxygen atoms in total. The molecular formula is C14H17N3OS. The van der Waals surface area contributed by atoms with E-state index in [1.807, 2.05) is 32.0 Å². The van der Waals surface area contributed by atoms with E-state index in [4.69, 9.17) is 10.00 Å². The second kappa shape index (κ2) is 5.54. The summed E-state index contributed by atoms with van der Waals surface area (Å²) in [5.41, 5.74) is 1.63. The molecule has 0 aliphatic heterocycles. The van der Waals surface area contributed by atoms with Crippen LogP contribution in [-0.4, -0.2) is 22.8 Å². The molecule has 1 aromatic carbocycles. The number of nitrogens with one attached hydrogen (secondary N) is 1. The highest BCUT2D eigenvalue weighted by Gasteiger charge is 2.16. The molecule has 5 heteroatoms. The van der Waals surface area contributed by atoms with Crippen LogP contribution < -0.4 is 4.74 Å². The number of H-pyrrole nitrogens is 1. The van der Waals surface area contributed by atoms with Crippen molar-refractivity contribution in [1.82, 2.24) is 9.97 Å². The summed E-state index contributed by atoms with van der Waals surface area (Å²) in [6, 6.07) is 8.08. The molecule has 0 unspecified atom stereocenters. The number of hydrogen-bond acceptors (Lipinski definition) is 4. The van der Waals surface area contributed by atoms with Crippen molar-refractivity contribution in [3.05, 3.63) is 18.2 Å². The van der Waals surface area contributed by atoms with Crippen LogP contribution >= 0.6 is 11.8 Å². The van der Waals surface area contributed by atoms with Crippen molar-refractivity contribution < 1.29 is 4.74 Å². The van der Waals surface area contributed by atoms with Gasteiger partial charge in [-0.3, -0.25) is 0 Å². The first-order valence-electron chi connectivity index (χ1n) is 6.12. The summed E-state index contributed by atoms with van der Waals surface area (Å²) in [6.07, 6.45) is 0.842. The van der Waals surface area contributed by atoms with Gasteiger partial charge in [-0.15, -0.1) is 0 Å². The molecule has 2 aromatic rings. The number of methoxy groups -OCH3 is 1. The molecule has 0 radical (unpaired) electrons. The van der Waals surface area contributed by atoms with Gasteiger partial charge in [0.1, 0.15) is 5.75 Å². The number of fused-ring (bicyclic) bond motifs is 1. The van der Waals surface area contributed by atoms with Gasteiger partial charge in [0.15, 0.2) is 5.16 Å². The zero-order chi connectivity index (χ0) is 13.9. The summed E-state index contributed by atoms with van der Waals surface area (Å²) in [6.45, 7) is 3.91. The van der Waals surface area contributed by atoms with E-state index in [-0.39, 0.29) is 5.41 Å². The number of rotatable bonds is 5. The quantitative estimate of drug-likeness (QED) is 0.847. The summed E-state index contributed by atoms with van der Waals surface area (Å²) >= 11 is 1.64. The Morgan fingerprint density at radius 1 is 1.47 bits per heavy atom. The molecule has 1 heterocycles. The summed E-state index contributed by atoms with van der Waals surface area (Å²) in [7, 11) is 1.65. The van der Waals surface area contributed by atoms with Gasteiger partial charge in [-0.1, -0.05) is 11.8 Å². The topological polar surface area (TPSA) is 61.7 Å². The van der Waals surface area contributed by atoms with Crippen molar-refractivity contribution in [1.29, 1.82) is 5.26 Å². The van der Waals surface area contributed by atoms with E-state index in [1.54, 1.807) is 18.9 Å². The zero-order valence-corrected chi connectivity index (χ0v) is 12.2. The SMILES string of the molecule is COc1ccc2nc(SCCC(C)(C)C#N)[nH]c2c1. The van der Waals surface area contributed by atoms with Crippen LogP contribution in [0.4, 0.5) is 0 Å². The van der Waals surface area contributed by atoms with E-state index < -0.39 is 0 Å². The van der Waals surface area contributed by atoms with Crippen LogP contribution in [0.1, 0.15) is 20.3 Å². The largest absolute Gasteiger partial charge is 0.497 e. The third kappa shape index (κ3) is 3.42. The van der Waals surface area contributed by atoms with Crippen molar-refractivity contribution in [2.75, 3.05) is 12.9 Å². The van der Waals surface area contributed by atoms with Gasteiger partial charge in [0.05, 0.1) is 29.6 Å². The van der Waals surface area contributed by atoms with Gasteiger partial charge < -0.3 is 9.72 Å². The van der Waals surface area contributed by atoms with E-state index in [0.29, 0.717) is 0 Å². The van der Waals surface area contributed by atoms with Gasteiger partial charge in [0.25, 0.3) is 0 Å². The van der Waals surface area contributed by atoms with Crippen LogP contribution in [0.15, 0.2) is 23.4 Å². The molecule has 100 valence electrons. The molecular weight excluding hydrogens is 258 g/mol. The Labute approximate surface area is 117 Å². The Kier molecular flexibility index (Phi) is 4.01. The molecule has 1 N–H and O–H groups in total. The number of nitrogens with zero attached hydrogens (tertiary/aromatic N) is 2. The van der Waals surface area contributed by atoms with Crippen LogP contribution in [0.3, 0.4) is 0 Å². The van der Waals surface area contributed by atoms with Crippen molar-refractivity contribution in [3.63, 3.8) is 0 Å². The molecule has 0 spiro atoms. The summed E-state index contributed by atoms with van der Waals surface area (Å²) in [5.74, 6) is 1.69. The number of benzene rings is 1. The van der Waals surface area contributed by atoms with Gasteiger partial charge in [0, 0.05) is 11.8 Å². The number of ether oxygens (including phenoxy) is 1. The second-order valence-corrected chi connectivity index (χ2v) is 6.10. The van der Waals surface area contributed by atoms with Gasteiger partial charge in [-0.05, 0) is 32.4 Å². The summed E-state index contributed by atoms with van der Waals surface area (Å²) in [4.78, 5) is 7.77. The van der Waals surface area contributed by atoms with E-state index in [2.05, 4.69) is 16.0 Å². The number of aromatic nitrogens is 2. The van der Waals surface area contributed by atoms with Gasteiger partial charge in [0.2, 0.25) is 0 Å².